The summed E-state index contributed by atoms with van der Waals surface area (Å²) in [5.74, 6) is -0.441. The van der Waals surface area contributed by atoms with Crippen molar-refractivity contribution in [3.63, 3.8) is 0 Å². The predicted octanol–water partition coefficient (Wildman–Crippen LogP) is 3.88. The Hall–Kier alpha value is -4.26. The van der Waals surface area contributed by atoms with Crippen molar-refractivity contribution in [2.45, 2.75) is 6.61 Å². The first-order chi connectivity index (χ1) is 15.2. The third-order valence-electron chi connectivity index (χ3n) is 4.49. The number of nitrogens with one attached hydrogen (secondary N) is 1. The standard InChI is InChI=1S/C24H19N3O4/c28-22(30-16-21-26-27-24(31-21)20-9-5-2-6-10-20)15-25-23(29)19-13-11-18(12-14-19)17-7-3-1-4-8-17/h1-14H,15-16H2,(H,25,29). The monoisotopic (exact) mass is 413 g/mol. The van der Waals surface area contributed by atoms with Crippen molar-refractivity contribution in [2.24, 2.45) is 0 Å². The van der Waals surface area contributed by atoms with Crippen LogP contribution in [0.2, 0.25) is 0 Å². The normalized spacial score (nSPS) is 10.5. The van der Waals surface area contributed by atoms with Gasteiger partial charge in [0.1, 0.15) is 6.54 Å². The van der Waals surface area contributed by atoms with E-state index >= 15 is 0 Å². The highest BCUT2D eigenvalue weighted by Crippen LogP contribution is 2.19. The van der Waals surface area contributed by atoms with E-state index in [0.717, 1.165) is 16.7 Å². The van der Waals surface area contributed by atoms with Crippen molar-refractivity contribution < 1.29 is 18.7 Å². The second-order valence-corrected chi connectivity index (χ2v) is 6.65. The summed E-state index contributed by atoms with van der Waals surface area (Å²) in [7, 11) is 0. The average molecular weight is 413 g/mol. The van der Waals surface area contributed by atoms with Crippen LogP contribution in [-0.2, 0) is 16.1 Å². The molecule has 7 nitrogen and oxygen atoms in total. The molecule has 0 saturated heterocycles. The van der Waals surface area contributed by atoms with E-state index in [9.17, 15) is 9.59 Å². The van der Waals surface area contributed by atoms with E-state index in [4.69, 9.17) is 9.15 Å². The fourth-order valence-electron chi connectivity index (χ4n) is 2.90. The van der Waals surface area contributed by atoms with E-state index in [1.54, 1.807) is 12.1 Å². The Labute approximate surface area is 178 Å². The lowest BCUT2D eigenvalue weighted by Crippen LogP contribution is -2.30. The Bertz CT molecular complexity index is 1160. The number of esters is 1. The molecule has 154 valence electrons. The van der Waals surface area contributed by atoms with Gasteiger partial charge in [-0.25, -0.2) is 0 Å². The number of aromatic nitrogens is 2. The summed E-state index contributed by atoms with van der Waals surface area (Å²) in [6.07, 6.45) is 0. The molecule has 3 aromatic carbocycles. The van der Waals surface area contributed by atoms with Crippen LogP contribution in [0.1, 0.15) is 16.2 Å². The molecule has 0 aliphatic heterocycles. The topological polar surface area (TPSA) is 94.3 Å². The van der Waals surface area contributed by atoms with Crippen LogP contribution >= 0.6 is 0 Å². The second kappa shape index (κ2) is 9.49. The number of ether oxygens (including phenoxy) is 1. The summed E-state index contributed by atoms with van der Waals surface area (Å²) in [6, 6.07) is 26.3. The highest BCUT2D eigenvalue weighted by atomic mass is 16.5. The van der Waals surface area contributed by atoms with E-state index in [0.29, 0.717) is 11.5 Å². The summed E-state index contributed by atoms with van der Waals surface area (Å²) in [5, 5.41) is 10.3. The molecule has 7 heteroatoms. The highest BCUT2D eigenvalue weighted by molar-refractivity contribution is 5.96. The Balaban J connectivity index is 1.25. The second-order valence-electron chi connectivity index (χ2n) is 6.65. The van der Waals surface area contributed by atoms with Gasteiger partial charge < -0.3 is 14.5 Å². The van der Waals surface area contributed by atoms with Crippen molar-refractivity contribution >= 4 is 11.9 Å². The molecule has 0 radical (unpaired) electrons. The summed E-state index contributed by atoms with van der Waals surface area (Å²) in [5.41, 5.74) is 3.30. The van der Waals surface area contributed by atoms with Crippen LogP contribution in [0.15, 0.2) is 89.3 Å². The van der Waals surface area contributed by atoms with Gasteiger partial charge in [0.2, 0.25) is 5.89 Å². The maximum Gasteiger partial charge on any atom is 0.325 e. The summed E-state index contributed by atoms with van der Waals surface area (Å²) < 4.78 is 10.6. The maximum atomic E-state index is 12.3. The third kappa shape index (κ3) is 5.22. The number of benzene rings is 3. The minimum absolute atomic E-state index is 0.166. The molecule has 1 amide bonds. The van der Waals surface area contributed by atoms with Gasteiger partial charge in [0.15, 0.2) is 6.61 Å². The molecular weight excluding hydrogens is 394 g/mol. The number of nitrogens with zero attached hydrogens (tertiary/aromatic N) is 2. The van der Waals surface area contributed by atoms with Gasteiger partial charge in [-0.2, -0.15) is 0 Å². The zero-order chi connectivity index (χ0) is 21.5. The molecule has 0 spiro atoms. The number of hydrogen-bond acceptors (Lipinski definition) is 6. The molecule has 1 heterocycles. The largest absolute Gasteiger partial charge is 0.454 e. The number of amides is 1. The van der Waals surface area contributed by atoms with E-state index in [-0.39, 0.29) is 24.9 Å². The Morgan fingerprint density at radius 1 is 0.774 bits per heavy atom. The highest BCUT2D eigenvalue weighted by Gasteiger charge is 2.12. The van der Waals surface area contributed by atoms with Crippen molar-refractivity contribution in [3.8, 4) is 22.6 Å². The lowest BCUT2D eigenvalue weighted by atomic mass is 10.0. The Morgan fingerprint density at radius 3 is 2.06 bits per heavy atom. The molecule has 1 aromatic heterocycles. The fourth-order valence-corrected chi connectivity index (χ4v) is 2.90. The van der Waals surface area contributed by atoms with E-state index in [1.165, 1.54) is 0 Å². The quantitative estimate of drug-likeness (QED) is 0.462. The van der Waals surface area contributed by atoms with Gasteiger partial charge in [-0.05, 0) is 35.4 Å². The molecule has 0 unspecified atom stereocenters. The van der Waals surface area contributed by atoms with Gasteiger partial charge in [-0.3, -0.25) is 9.59 Å². The number of hydrogen-bond donors (Lipinski definition) is 1. The minimum atomic E-state index is -0.603. The first-order valence-electron chi connectivity index (χ1n) is 9.66. The minimum Gasteiger partial charge on any atom is -0.454 e. The molecule has 31 heavy (non-hydrogen) atoms. The van der Waals surface area contributed by atoms with E-state index in [1.807, 2.05) is 72.8 Å². The molecule has 1 N–H and O–H groups in total. The summed E-state index contributed by atoms with van der Waals surface area (Å²) in [6.45, 7) is -0.431. The molecule has 0 bridgehead atoms. The van der Waals surface area contributed by atoms with Gasteiger partial charge in [0.05, 0.1) is 0 Å². The van der Waals surface area contributed by atoms with Crippen LogP contribution in [0.5, 0.6) is 0 Å². The van der Waals surface area contributed by atoms with Crippen LogP contribution in [-0.4, -0.2) is 28.6 Å². The first-order valence-corrected chi connectivity index (χ1v) is 9.66. The molecule has 0 atom stereocenters. The summed E-state index contributed by atoms with van der Waals surface area (Å²) in [4.78, 5) is 24.2. The third-order valence-corrected chi connectivity index (χ3v) is 4.49. The molecule has 4 aromatic rings. The molecule has 4 rings (SSSR count). The zero-order valence-corrected chi connectivity index (χ0v) is 16.5. The van der Waals surface area contributed by atoms with Crippen molar-refractivity contribution in [1.82, 2.24) is 15.5 Å². The lowest BCUT2D eigenvalue weighted by molar-refractivity contribution is -0.144. The van der Waals surface area contributed by atoms with Crippen LogP contribution in [0, 0.1) is 0 Å². The molecule has 0 fully saturated rings. The van der Waals surface area contributed by atoms with Gasteiger partial charge in [0.25, 0.3) is 11.8 Å². The number of carbonyl (C=O) groups excluding carboxylic acids is 2. The van der Waals surface area contributed by atoms with Crippen LogP contribution in [0.25, 0.3) is 22.6 Å². The maximum absolute atomic E-state index is 12.3. The van der Waals surface area contributed by atoms with Gasteiger partial charge in [-0.1, -0.05) is 60.7 Å². The Morgan fingerprint density at radius 2 is 1.39 bits per heavy atom. The van der Waals surface area contributed by atoms with Crippen LogP contribution < -0.4 is 5.32 Å². The Kier molecular flexibility index (Phi) is 6.13. The SMILES string of the molecule is O=C(CNC(=O)c1ccc(-c2ccccc2)cc1)OCc1nnc(-c2ccccc2)o1. The van der Waals surface area contributed by atoms with Crippen LogP contribution in [0.4, 0.5) is 0 Å². The zero-order valence-electron chi connectivity index (χ0n) is 16.5. The number of rotatable bonds is 7. The molecule has 0 aliphatic rings. The average Bonchev–Trinajstić information content (AvgIpc) is 3.31. The van der Waals surface area contributed by atoms with E-state index < -0.39 is 5.97 Å². The number of carbonyl (C=O) groups is 2. The van der Waals surface area contributed by atoms with Crippen molar-refractivity contribution in [2.75, 3.05) is 6.54 Å². The lowest BCUT2D eigenvalue weighted by Gasteiger charge is -2.06. The summed E-state index contributed by atoms with van der Waals surface area (Å²) >= 11 is 0. The van der Waals surface area contributed by atoms with E-state index in [2.05, 4.69) is 15.5 Å². The van der Waals surface area contributed by atoms with Gasteiger partial charge in [-0.15, -0.1) is 10.2 Å². The smallest absolute Gasteiger partial charge is 0.325 e. The fraction of sp³-hybridized carbons (Fsp3) is 0.0833. The van der Waals surface area contributed by atoms with Gasteiger partial charge >= 0.3 is 5.97 Å². The first kappa shape index (κ1) is 20.0. The molecular formula is C24H19N3O4. The van der Waals surface area contributed by atoms with Gasteiger partial charge in [0, 0.05) is 11.1 Å². The van der Waals surface area contributed by atoms with Crippen molar-refractivity contribution in [1.29, 1.82) is 0 Å². The predicted molar refractivity (Wildman–Crippen MR) is 114 cm³/mol. The van der Waals surface area contributed by atoms with Crippen LogP contribution in [0.3, 0.4) is 0 Å². The molecule has 0 aliphatic carbocycles. The van der Waals surface area contributed by atoms with Crippen molar-refractivity contribution in [3.05, 3.63) is 96.4 Å². The molecule has 0 saturated carbocycles.